The molecule has 0 N–H and O–H groups in total. The maximum atomic E-state index is 5.15. The van der Waals surface area contributed by atoms with E-state index in [4.69, 9.17) is 4.74 Å². The van der Waals surface area contributed by atoms with Crippen LogP contribution in [0.25, 0.3) is 0 Å². The van der Waals surface area contributed by atoms with Gasteiger partial charge >= 0.3 is 0 Å². The summed E-state index contributed by atoms with van der Waals surface area (Å²) < 4.78 is 5.15. The second-order valence-electron chi connectivity index (χ2n) is 2.78. The van der Waals surface area contributed by atoms with Crippen molar-refractivity contribution in [1.29, 1.82) is 0 Å². The number of hydrogen-bond donors (Lipinski definition) is 0. The summed E-state index contributed by atoms with van der Waals surface area (Å²) in [6.45, 7) is 5.22. The average Bonchev–Trinajstić information content (AvgIpc) is 2.43. The lowest BCUT2D eigenvalue weighted by Gasteiger charge is -1.94. The molecule has 1 nitrogen and oxygen atoms in total. The number of thiocarbonyl (C=S) groups is 1. The highest BCUT2D eigenvalue weighted by atomic mass is 32.1. The SMILES string of the molecule is CC1CCCO1.CCCC=S. The van der Waals surface area contributed by atoms with Crippen LogP contribution in [0.5, 0.6) is 0 Å². The van der Waals surface area contributed by atoms with E-state index in [1.54, 1.807) is 5.37 Å². The third-order valence-corrected chi connectivity index (χ3v) is 1.80. The molecule has 1 atom stereocenters. The Labute approximate surface area is 75.1 Å². The number of rotatable bonds is 2. The summed E-state index contributed by atoms with van der Waals surface area (Å²) in [5.74, 6) is 0. The third kappa shape index (κ3) is 7.95. The molecule has 2 heteroatoms. The largest absolute Gasteiger partial charge is 0.379 e. The van der Waals surface area contributed by atoms with Crippen molar-refractivity contribution in [2.45, 2.75) is 45.6 Å². The second kappa shape index (κ2) is 8.15. The van der Waals surface area contributed by atoms with Crippen LogP contribution in [0.15, 0.2) is 0 Å². The Hall–Kier alpha value is 0.0500. The van der Waals surface area contributed by atoms with E-state index in [0.717, 1.165) is 13.0 Å². The van der Waals surface area contributed by atoms with Gasteiger partial charge in [-0.3, -0.25) is 0 Å². The van der Waals surface area contributed by atoms with Gasteiger partial charge in [0, 0.05) is 6.61 Å². The van der Waals surface area contributed by atoms with Crippen molar-refractivity contribution in [1.82, 2.24) is 0 Å². The molecule has 1 aliphatic heterocycles. The summed E-state index contributed by atoms with van der Waals surface area (Å²) in [5, 5.41) is 1.76. The molecule has 1 aliphatic rings. The van der Waals surface area contributed by atoms with Gasteiger partial charge in [0.15, 0.2) is 0 Å². The van der Waals surface area contributed by atoms with E-state index in [1.807, 2.05) is 0 Å². The monoisotopic (exact) mass is 174 g/mol. The highest BCUT2D eigenvalue weighted by molar-refractivity contribution is 7.78. The Kier molecular flexibility index (Phi) is 8.19. The van der Waals surface area contributed by atoms with E-state index in [0.29, 0.717) is 6.10 Å². The van der Waals surface area contributed by atoms with Crippen molar-refractivity contribution >= 4 is 17.6 Å². The Bertz CT molecular complexity index is 87.6. The van der Waals surface area contributed by atoms with Gasteiger partial charge < -0.3 is 4.74 Å². The molecule has 66 valence electrons. The van der Waals surface area contributed by atoms with Crippen LogP contribution in [0.1, 0.15) is 39.5 Å². The Morgan fingerprint density at radius 1 is 1.64 bits per heavy atom. The fraction of sp³-hybridized carbons (Fsp3) is 0.889. The van der Waals surface area contributed by atoms with Gasteiger partial charge in [-0.15, -0.1) is 0 Å². The van der Waals surface area contributed by atoms with Crippen LogP contribution in [0.3, 0.4) is 0 Å². The zero-order valence-electron chi connectivity index (χ0n) is 7.51. The molecule has 0 amide bonds. The van der Waals surface area contributed by atoms with Crippen molar-refractivity contribution in [2.24, 2.45) is 0 Å². The first-order valence-electron chi connectivity index (χ1n) is 4.36. The summed E-state index contributed by atoms with van der Waals surface area (Å²) in [6.07, 6.45) is 5.34. The maximum absolute atomic E-state index is 5.15. The molecule has 0 aromatic rings. The molecule has 0 bridgehead atoms. The predicted molar refractivity (Wildman–Crippen MR) is 53.2 cm³/mol. The number of hydrogen-bond acceptors (Lipinski definition) is 2. The number of ether oxygens (including phenoxy) is 1. The van der Waals surface area contributed by atoms with Gasteiger partial charge in [0.1, 0.15) is 0 Å². The topological polar surface area (TPSA) is 9.23 Å². The van der Waals surface area contributed by atoms with Crippen molar-refractivity contribution in [3.63, 3.8) is 0 Å². The summed E-state index contributed by atoms with van der Waals surface area (Å²) in [5.41, 5.74) is 0. The quantitative estimate of drug-likeness (QED) is 0.595. The first-order valence-corrected chi connectivity index (χ1v) is 4.83. The molecule has 1 heterocycles. The lowest BCUT2D eigenvalue weighted by Crippen LogP contribution is -1.94. The van der Waals surface area contributed by atoms with E-state index >= 15 is 0 Å². The van der Waals surface area contributed by atoms with Crippen LogP contribution in [0, 0.1) is 0 Å². The van der Waals surface area contributed by atoms with E-state index in [-0.39, 0.29) is 0 Å². The molecular weight excluding hydrogens is 156 g/mol. The molecule has 1 rings (SSSR count). The van der Waals surface area contributed by atoms with Gasteiger partial charge in [0.2, 0.25) is 0 Å². The van der Waals surface area contributed by atoms with Crippen LogP contribution >= 0.6 is 12.2 Å². The first kappa shape index (κ1) is 11.1. The van der Waals surface area contributed by atoms with Crippen LogP contribution in [-0.2, 0) is 4.74 Å². The van der Waals surface area contributed by atoms with Gasteiger partial charge in [-0.25, -0.2) is 0 Å². The zero-order valence-corrected chi connectivity index (χ0v) is 8.32. The maximum Gasteiger partial charge on any atom is 0.0547 e. The molecule has 11 heavy (non-hydrogen) atoms. The van der Waals surface area contributed by atoms with Gasteiger partial charge in [0.25, 0.3) is 0 Å². The summed E-state index contributed by atoms with van der Waals surface area (Å²) >= 11 is 4.53. The van der Waals surface area contributed by atoms with Crippen LogP contribution < -0.4 is 0 Å². The van der Waals surface area contributed by atoms with Gasteiger partial charge in [-0.05, 0) is 31.6 Å². The van der Waals surface area contributed by atoms with Gasteiger partial charge in [-0.2, -0.15) is 0 Å². The van der Waals surface area contributed by atoms with E-state index in [9.17, 15) is 0 Å². The molecule has 0 saturated carbocycles. The normalized spacial score (nSPS) is 22.2. The number of unbranched alkanes of at least 4 members (excludes halogenated alkanes) is 1. The minimum atomic E-state index is 0.546. The Balaban J connectivity index is 0.000000187. The first-order chi connectivity index (χ1) is 5.31. The molecule has 1 fully saturated rings. The highest BCUT2D eigenvalue weighted by Gasteiger charge is 2.07. The summed E-state index contributed by atoms with van der Waals surface area (Å²) in [7, 11) is 0. The van der Waals surface area contributed by atoms with Crippen LogP contribution in [0.4, 0.5) is 0 Å². The average molecular weight is 174 g/mol. The fourth-order valence-corrected chi connectivity index (χ4v) is 1.09. The molecule has 0 spiro atoms. The summed E-state index contributed by atoms with van der Waals surface area (Å²) in [4.78, 5) is 0. The van der Waals surface area contributed by atoms with Crippen molar-refractivity contribution < 1.29 is 4.74 Å². The zero-order chi connectivity index (χ0) is 8.53. The minimum absolute atomic E-state index is 0.546. The van der Waals surface area contributed by atoms with E-state index < -0.39 is 0 Å². The predicted octanol–water partition coefficient (Wildman–Crippen LogP) is 2.97. The molecule has 1 unspecified atom stereocenters. The molecular formula is C9H18OS. The smallest absolute Gasteiger partial charge is 0.0547 e. The minimum Gasteiger partial charge on any atom is -0.379 e. The standard InChI is InChI=1S/C5H10O.C4H8S/c1-5-3-2-4-6-5;1-2-3-4-5/h5H,2-4H2,1H3;4H,2-3H2,1H3. The fourth-order valence-electron chi connectivity index (χ4n) is 0.856. The lowest BCUT2D eigenvalue weighted by atomic mass is 10.3. The van der Waals surface area contributed by atoms with Crippen molar-refractivity contribution in [3.05, 3.63) is 0 Å². The van der Waals surface area contributed by atoms with Gasteiger partial charge in [-0.1, -0.05) is 25.6 Å². The second-order valence-corrected chi connectivity index (χ2v) is 3.11. The van der Waals surface area contributed by atoms with Crippen molar-refractivity contribution in [2.75, 3.05) is 6.61 Å². The molecule has 0 aromatic carbocycles. The van der Waals surface area contributed by atoms with Crippen molar-refractivity contribution in [3.8, 4) is 0 Å². The Morgan fingerprint density at radius 2 is 2.36 bits per heavy atom. The van der Waals surface area contributed by atoms with Crippen LogP contribution in [-0.4, -0.2) is 18.1 Å². The molecule has 0 aromatic heterocycles. The molecule has 0 aliphatic carbocycles. The summed E-state index contributed by atoms with van der Waals surface area (Å²) in [6, 6.07) is 0. The van der Waals surface area contributed by atoms with E-state index in [2.05, 4.69) is 26.1 Å². The van der Waals surface area contributed by atoms with Gasteiger partial charge in [0.05, 0.1) is 6.10 Å². The van der Waals surface area contributed by atoms with E-state index in [1.165, 1.54) is 19.3 Å². The molecule has 0 radical (unpaired) electrons. The third-order valence-electron chi connectivity index (χ3n) is 1.56. The Morgan fingerprint density at radius 3 is 2.45 bits per heavy atom. The highest BCUT2D eigenvalue weighted by Crippen LogP contribution is 2.09. The van der Waals surface area contributed by atoms with Crippen LogP contribution in [0.2, 0.25) is 0 Å². The molecule has 1 saturated heterocycles. The lowest BCUT2D eigenvalue weighted by molar-refractivity contribution is 0.125.